The van der Waals surface area contributed by atoms with Gasteiger partial charge in [0.1, 0.15) is 5.82 Å². The maximum absolute atomic E-state index is 13.8. The van der Waals surface area contributed by atoms with E-state index in [0.717, 1.165) is 59.0 Å². The van der Waals surface area contributed by atoms with E-state index in [1.165, 1.54) is 10.7 Å². The lowest BCUT2D eigenvalue weighted by Crippen LogP contribution is -2.50. The van der Waals surface area contributed by atoms with Gasteiger partial charge in [0.15, 0.2) is 0 Å². The predicted molar refractivity (Wildman–Crippen MR) is 127 cm³/mol. The molecule has 1 aliphatic carbocycles. The molecular formula is C26H26FN5O. The highest BCUT2D eigenvalue weighted by Crippen LogP contribution is 2.32. The highest BCUT2D eigenvalue weighted by molar-refractivity contribution is 5.93. The van der Waals surface area contributed by atoms with Crippen molar-refractivity contribution >= 4 is 16.9 Å². The molecule has 2 atom stereocenters. The Labute approximate surface area is 191 Å². The molecule has 0 aliphatic heterocycles. The number of pyridine rings is 1. The zero-order valence-electron chi connectivity index (χ0n) is 18.5. The molecule has 0 spiro atoms. The molecule has 1 aliphatic rings. The Bertz CT molecular complexity index is 1330. The highest BCUT2D eigenvalue weighted by Gasteiger charge is 2.24. The van der Waals surface area contributed by atoms with Gasteiger partial charge in [0.05, 0.1) is 17.4 Å². The number of carbonyl (C=O) groups is 1. The van der Waals surface area contributed by atoms with Crippen LogP contribution in [0.15, 0.2) is 60.9 Å². The van der Waals surface area contributed by atoms with Crippen LogP contribution in [0.3, 0.4) is 0 Å². The van der Waals surface area contributed by atoms with Crippen molar-refractivity contribution in [3.63, 3.8) is 0 Å². The number of aromatic nitrogens is 3. The molecule has 5 rings (SSSR count). The SMILES string of the molecule is Cc1cc(-c2ncccc2-c2ccc3c(cnn3C(=O)N[C@H]3CCCC[C@@H]3N)c2)ccc1F. The lowest BCUT2D eigenvalue weighted by Gasteiger charge is -2.29. The lowest BCUT2D eigenvalue weighted by atomic mass is 9.91. The second kappa shape index (κ2) is 8.75. The number of hydrogen-bond donors (Lipinski definition) is 2. The maximum atomic E-state index is 13.8. The Morgan fingerprint density at radius 3 is 2.76 bits per heavy atom. The van der Waals surface area contributed by atoms with Crippen molar-refractivity contribution < 1.29 is 9.18 Å². The summed E-state index contributed by atoms with van der Waals surface area (Å²) in [6.07, 6.45) is 7.42. The summed E-state index contributed by atoms with van der Waals surface area (Å²) in [5.41, 5.74) is 11.0. The molecule has 7 heteroatoms. The Hall–Kier alpha value is -3.58. The Morgan fingerprint density at radius 1 is 1.12 bits per heavy atom. The molecule has 1 saturated carbocycles. The molecule has 0 radical (unpaired) electrons. The van der Waals surface area contributed by atoms with E-state index < -0.39 is 0 Å². The van der Waals surface area contributed by atoms with Gasteiger partial charge >= 0.3 is 6.03 Å². The first-order chi connectivity index (χ1) is 16.0. The summed E-state index contributed by atoms with van der Waals surface area (Å²) < 4.78 is 15.2. The zero-order chi connectivity index (χ0) is 22.9. The van der Waals surface area contributed by atoms with Gasteiger partial charge in [0.2, 0.25) is 0 Å². The largest absolute Gasteiger partial charge is 0.342 e. The number of benzene rings is 2. The number of aryl methyl sites for hydroxylation is 1. The lowest BCUT2D eigenvalue weighted by molar-refractivity contribution is 0.228. The molecule has 3 N–H and O–H groups in total. The van der Waals surface area contributed by atoms with Crippen LogP contribution in [0.1, 0.15) is 31.2 Å². The summed E-state index contributed by atoms with van der Waals surface area (Å²) in [5.74, 6) is -0.238. The van der Waals surface area contributed by atoms with Gasteiger partial charge in [-0.2, -0.15) is 9.78 Å². The number of nitrogens with two attached hydrogens (primary N) is 1. The van der Waals surface area contributed by atoms with Gasteiger partial charge in [0.25, 0.3) is 0 Å². The quantitative estimate of drug-likeness (QED) is 0.464. The van der Waals surface area contributed by atoms with Crippen LogP contribution in [0.4, 0.5) is 9.18 Å². The first-order valence-electron chi connectivity index (χ1n) is 11.3. The van der Waals surface area contributed by atoms with Crippen LogP contribution >= 0.6 is 0 Å². The van der Waals surface area contributed by atoms with Crippen molar-refractivity contribution in [2.45, 2.75) is 44.7 Å². The fourth-order valence-corrected chi connectivity index (χ4v) is 4.58. The molecule has 33 heavy (non-hydrogen) atoms. The van der Waals surface area contributed by atoms with E-state index >= 15 is 0 Å². The standard InChI is InChI=1S/C26H26FN5O/c1-16-13-18(8-10-21(16)27)25-20(5-4-12-29-25)17-9-11-24-19(14-17)15-30-32(24)26(33)31-23-7-3-2-6-22(23)28/h4-5,8-15,22-23H,2-3,6-7,28H2,1H3,(H,31,33)/t22-,23-/m0/s1. The smallest absolute Gasteiger partial charge is 0.332 e. The number of rotatable bonds is 3. The van der Waals surface area contributed by atoms with Gasteiger partial charge in [-0.1, -0.05) is 25.0 Å². The van der Waals surface area contributed by atoms with E-state index in [9.17, 15) is 9.18 Å². The summed E-state index contributed by atoms with van der Waals surface area (Å²) in [6.45, 7) is 1.74. The zero-order valence-corrected chi connectivity index (χ0v) is 18.5. The molecule has 2 aromatic carbocycles. The van der Waals surface area contributed by atoms with Gasteiger partial charge in [-0.3, -0.25) is 4.98 Å². The monoisotopic (exact) mass is 443 g/mol. The molecule has 1 amide bonds. The number of nitrogens with zero attached hydrogens (tertiary/aromatic N) is 3. The first-order valence-corrected chi connectivity index (χ1v) is 11.3. The molecule has 0 bridgehead atoms. The molecule has 6 nitrogen and oxygen atoms in total. The third-order valence-corrected chi connectivity index (χ3v) is 6.44. The van der Waals surface area contributed by atoms with Crippen LogP contribution in [0, 0.1) is 12.7 Å². The van der Waals surface area contributed by atoms with E-state index in [-0.39, 0.29) is 23.9 Å². The minimum atomic E-state index is -0.260. The predicted octanol–water partition coefficient (Wildman–Crippen LogP) is 5.04. The van der Waals surface area contributed by atoms with Gasteiger partial charge in [-0.25, -0.2) is 9.18 Å². The van der Waals surface area contributed by atoms with E-state index in [0.29, 0.717) is 5.56 Å². The van der Waals surface area contributed by atoms with Crippen LogP contribution in [0.5, 0.6) is 0 Å². The number of hydrogen-bond acceptors (Lipinski definition) is 4. The third-order valence-electron chi connectivity index (χ3n) is 6.44. The van der Waals surface area contributed by atoms with Crippen LogP contribution in [0.25, 0.3) is 33.3 Å². The fraction of sp³-hybridized carbons (Fsp3) is 0.269. The summed E-state index contributed by atoms with van der Waals surface area (Å²) in [5, 5.41) is 8.22. The number of nitrogens with one attached hydrogen (secondary N) is 1. The normalized spacial score (nSPS) is 18.4. The van der Waals surface area contributed by atoms with Crippen LogP contribution < -0.4 is 11.1 Å². The van der Waals surface area contributed by atoms with E-state index in [2.05, 4.69) is 15.4 Å². The summed E-state index contributed by atoms with van der Waals surface area (Å²) in [6, 6.07) is 14.4. The second-order valence-electron chi connectivity index (χ2n) is 8.70. The van der Waals surface area contributed by atoms with Crippen molar-refractivity contribution in [2.24, 2.45) is 5.73 Å². The fourth-order valence-electron chi connectivity index (χ4n) is 4.58. The molecule has 168 valence electrons. The third kappa shape index (κ3) is 4.12. The van der Waals surface area contributed by atoms with Crippen LogP contribution in [-0.2, 0) is 0 Å². The first kappa shape index (κ1) is 21.3. The minimum Gasteiger partial charge on any atom is -0.332 e. The van der Waals surface area contributed by atoms with Crippen molar-refractivity contribution in [1.29, 1.82) is 0 Å². The molecule has 2 aromatic heterocycles. The van der Waals surface area contributed by atoms with Crippen LogP contribution in [-0.4, -0.2) is 32.9 Å². The van der Waals surface area contributed by atoms with E-state index in [1.807, 2.05) is 30.3 Å². The Kier molecular flexibility index (Phi) is 5.64. The minimum absolute atomic E-state index is 0.0183. The second-order valence-corrected chi connectivity index (χ2v) is 8.70. The molecular weight excluding hydrogens is 417 g/mol. The van der Waals surface area contributed by atoms with Gasteiger partial charge in [0, 0.05) is 34.8 Å². The number of amides is 1. The Morgan fingerprint density at radius 2 is 1.94 bits per heavy atom. The summed E-state index contributed by atoms with van der Waals surface area (Å²) in [4.78, 5) is 17.4. The van der Waals surface area contributed by atoms with Crippen molar-refractivity contribution in [1.82, 2.24) is 20.1 Å². The van der Waals surface area contributed by atoms with Gasteiger partial charge in [-0.15, -0.1) is 0 Å². The van der Waals surface area contributed by atoms with E-state index in [4.69, 9.17) is 5.73 Å². The molecule has 1 fully saturated rings. The maximum Gasteiger partial charge on any atom is 0.342 e. The van der Waals surface area contributed by atoms with Crippen LogP contribution in [0.2, 0.25) is 0 Å². The van der Waals surface area contributed by atoms with Crippen molar-refractivity contribution in [3.8, 4) is 22.4 Å². The average molecular weight is 444 g/mol. The topological polar surface area (TPSA) is 85.8 Å². The highest BCUT2D eigenvalue weighted by atomic mass is 19.1. The number of fused-ring (bicyclic) bond motifs is 1. The Balaban J connectivity index is 1.47. The molecule has 2 heterocycles. The number of halogens is 1. The molecule has 0 saturated heterocycles. The molecule has 0 unspecified atom stereocenters. The number of carbonyl (C=O) groups excluding carboxylic acids is 1. The van der Waals surface area contributed by atoms with E-state index in [1.54, 1.807) is 31.5 Å². The summed E-state index contributed by atoms with van der Waals surface area (Å²) in [7, 11) is 0. The van der Waals surface area contributed by atoms with Gasteiger partial charge < -0.3 is 11.1 Å². The average Bonchev–Trinajstić information content (AvgIpc) is 3.26. The summed E-state index contributed by atoms with van der Waals surface area (Å²) >= 11 is 0. The van der Waals surface area contributed by atoms with Crippen molar-refractivity contribution in [3.05, 3.63) is 72.3 Å². The molecule has 4 aromatic rings. The van der Waals surface area contributed by atoms with Gasteiger partial charge in [-0.05, 0) is 67.3 Å². The van der Waals surface area contributed by atoms with Crippen molar-refractivity contribution in [2.75, 3.05) is 0 Å².